The quantitative estimate of drug-likeness (QED) is 0.643. The van der Waals surface area contributed by atoms with Crippen LogP contribution < -0.4 is 0 Å². The van der Waals surface area contributed by atoms with Gasteiger partial charge in [0.1, 0.15) is 0 Å². The van der Waals surface area contributed by atoms with Crippen molar-refractivity contribution < 1.29 is 0 Å². The molecule has 1 aliphatic heterocycles. The number of rotatable bonds is 2. The van der Waals surface area contributed by atoms with Gasteiger partial charge in [-0.15, -0.1) is 0 Å². The van der Waals surface area contributed by atoms with Crippen molar-refractivity contribution in [1.29, 1.82) is 0 Å². The van der Waals surface area contributed by atoms with Crippen molar-refractivity contribution in [3.63, 3.8) is 0 Å². The lowest BCUT2D eigenvalue weighted by atomic mass is 10.2. The maximum atomic E-state index is 2.50. The molecule has 0 atom stereocenters. The lowest BCUT2D eigenvalue weighted by Gasteiger charge is -2.13. The lowest BCUT2D eigenvalue weighted by molar-refractivity contribution is 0.337. The van der Waals surface area contributed by atoms with Gasteiger partial charge in [0.25, 0.3) is 0 Å². The molecule has 14 heavy (non-hydrogen) atoms. The second kappa shape index (κ2) is 4.43. The molecule has 2 rings (SSSR count). The molecule has 0 amide bonds. The Bertz CT molecular complexity index is 313. The van der Waals surface area contributed by atoms with Gasteiger partial charge in [0.05, 0.1) is 0 Å². The highest BCUT2D eigenvalue weighted by atomic mass is 15.1. The zero-order valence-electron chi connectivity index (χ0n) is 8.74. The third-order valence-corrected chi connectivity index (χ3v) is 2.83. The molecule has 1 aromatic carbocycles. The molecule has 0 unspecified atom stereocenters. The van der Waals surface area contributed by atoms with E-state index in [9.17, 15) is 0 Å². The van der Waals surface area contributed by atoms with Crippen LogP contribution in [0.15, 0.2) is 42.0 Å². The summed E-state index contributed by atoms with van der Waals surface area (Å²) in [6, 6.07) is 10.7. The number of nitrogens with zero attached hydrogens (tertiary/aromatic N) is 1. The lowest BCUT2D eigenvalue weighted by Crippen LogP contribution is -2.18. The van der Waals surface area contributed by atoms with E-state index in [1.165, 1.54) is 18.5 Å². The zero-order valence-corrected chi connectivity index (χ0v) is 8.74. The fourth-order valence-electron chi connectivity index (χ4n) is 1.96. The molecule has 0 saturated carbocycles. The van der Waals surface area contributed by atoms with E-state index in [4.69, 9.17) is 0 Å². The average Bonchev–Trinajstić information content (AvgIpc) is 2.67. The summed E-state index contributed by atoms with van der Waals surface area (Å²) in [5, 5.41) is 0. The van der Waals surface area contributed by atoms with Crippen LogP contribution in [-0.4, -0.2) is 18.0 Å². The highest BCUT2D eigenvalue weighted by Crippen LogP contribution is 2.17. The van der Waals surface area contributed by atoms with Crippen LogP contribution in [0.5, 0.6) is 0 Å². The van der Waals surface area contributed by atoms with Crippen molar-refractivity contribution >= 4 is 0 Å². The van der Waals surface area contributed by atoms with Crippen molar-refractivity contribution in [3.8, 4) is 0 Å². The van der Waals surface area contributed by atoms with Gasteiger partial charge < -0.3 is 0 Å². The molecule has 1 fully saturated rings. The molecule has 1 heterocycles. The number of hydrogen-bond donors (Lipinski definition) is 0. The largest absolute Gasteiger partial charge is 0.295 e. The average molecular weight is 187 g/mol. The van der Waals surface area contributed by atoms with Gasteiger partial charge in [-0.2, -0.15) is 0 Å². The summed E-state index contributed by atoms with van der Waals surface area (Å²) >= 11 is 0. The maximum Gasteiger partial charge on any atom is 0.0237 e. The van der Waals surface area contributed by atoms with E-state index in [2.05, 4.69) is 48.2 Å². The minimum absolute atomic E-state index is 1.10. The van der Waals surface area contributed by atoms with Crippen molar-refractivity contribution in [1.82, 2.24) is 4.90 Å². The topological polar surface area (TPSA) is 3.24 Å². The molecule has 0 radical (unpaired) electrons. The monoisotopic (exact) mass is 187 g/mol. The predicted octanol–water partition coefficient (Wildman–Crippen LogP) is 2.84. The minimum atomic E-state index is 1.10. The van der Waals surface area contributed by atoms with E-state index in [0.29, 0.717) is 0 Å². The SMILES string of the molecule is CC=C1CCN(Cc2ccccc2)C1. The molecule has 74 valence electrons. The first kappa shape index (κ1) is 9.47. The van der Waals surface area contributed by atoms with Gasteiger partial charge in [-0.25, -0.2) is 0 Å². The van der Waals surface area contributed by atoms with Crippen molar-refractivity contribution in [3.05, 3.63) is 47.5 Å². The van der Waals surface area contributed by atoms with Gasteiger partial charge in [-0.3, -0.25) is 4.90 Å². The highest BCUT2D eigenvalue weighted by molar-refractivity contribution is 5.16. The Morgan fingerprint density at radius 2 is 2.07 bits per heavy atom. The Labute approximate surface area is 86.1 Å². The first-order valence-corrected chi connectivity index (χ1v) is 5.29. The summed E-state index contributed by atoms with van der Waals surface area (Å²) in [4.78, 5) is 2.50. The number of benzene rings is 1. The molecule has 0 N–H and O–H groups in total. The summed E-state index contributed by atoms with van der Waals surface area (Å²) in [5.74, 6) is 0. The van der Waals surface area contributed by atoms with Gasteiger partial charge in [-0.1, -0.05) is 42.0 Å². The number of allylic oxidation sites excluding steroid dienone is 1. The molecule has 0 spiro atoms. The number of hydrogen-bond acceptors (Lipinski definition) is 1. The van der Waals surface area contributed by atoms with Crippen LogP contribution in [0.3, 0.4) is 0 Å². The Kier molecular flexibility index (Phi) is 3.00. The Balaban J connectivity index is 1.94. The third-order valence-electron chi connectivity index (χ3n) is 2.83. The van der Waals surface area contributed by atoms with Gasteiger partial charge in [0.15, 0.2) is 0 Å². The molecule has 0 aliphatic carbocycles. The van der Waals surface area contributed by atoms with Crippen molar-refractivity contribution in [2.24, 2.45) is 0 Å². The van der Waals surface area contributed by atoms with Crippen molar-refractivity contribution in [2.75, 3.05) is 13.1 Å². The molecule has 1 aromatic rings. The smallest absolute Gasteiger partial charge is 0.0237 e. The van der Waals surface area contributed by atoms with Crippen LogP contribution in [0.25, 0.3) is 0 Å². The summed E-state index contributed by atoms with van der Waals surface area (Å²) in [6.07, 6.45) is 3.51. The fraction of sp³-hybridized carbons (Fsp3) is 0.385. The standard InChI is InChI=1S/C13H17N/c1-2-12-8-9-14(10-12)11-13-6-4-3-5-7-13/h2-7H,8-11H2,1H3. The van der Waals surface area contributed by atoms with Gasteiger partial charge in [0, 0.05) is 19.6 Å². The van der Waals surface area contributed by atoms with Crippen LogP contribution >= 0.6 is 0 Å². The molecular formula is C13H17N. The van der Waals surface area contributed by atoms with Gasteiger partial charge >= 0.3 is 0 Å². The summed E-state index contributed by atoms with van der Waals surface area (Å²) < 4.78 is 0. The third kappa shape index (κ3) is 2.24. The molecule has 1 saturated heterocycles. The Hall–Kier alpha value is -1.08. The minimum Gasteiger partial charge on any atom is -0.295 e. The normalized spacial score (nSPS) is 20.5. The van der Waals surface area contributed by atoms with Crippen molar-refractivity contribution in [2.45, 2.75) is 19.9 Å². The molecule has 1 aliphatic rings. The van der Waals surface area contributed by atoms with E-state index in [-0.39, 0.29) is 0 Å². The molecule has 0 aromatic heterocycles. The fourth-order valence-corrected chi connectivity index (χ4v) is 1.96. The van der Waals surface area contributed by atoms with E-state index in [1.54, 1.807) is 5.57 Å². The van der Waals surface area contributed by atoms with Crippen LogP contribution in [0.2, 0.25) is 0 Å². The Morgan fingerprint density at radius 3 is 2.71 bits per heavy atom. The van der Waals surface area contributed by atoms with Crippen LogP contribution in [0.1, 0.15) is 18.9 Å². The first-order chi connectivity index (χ1) is 6.88. The highest BCUT2D eigenvalue weighted by Gasteiger charge is 2.15. The van der Waals surface area contributed by atoms with Crippen LogP contribution in [0, 0.1) is 0 Å². The summed E-state index contributed by atoms with van der Waals surface area (Å²) in [7, 11) is 0. The Morgan fingerprint density at radius 1 is 1.29 bits per heavy atom. The molecule has 1 heteroatoms. The zero-order chi connectivity index (χ0) is 9.80. The molecule has 0 bridgehead atoms. The maximum absolute atomic E-state index is 2.50. The van der Waals surface area contributed by atoms with E-state index in [1.807, 2.05) is 0 Å². The summed E-state index contributed by atoms with van der Waals surface area (Å²) in [5.41, 5.74) is 3.01. The molecule has 1 nitrogen and oxygen atoms in total. The van der Waals surface area contributed by atoms with Gasteiger partial charge in [0.2, 0.25) is 0 Å². The summed E-state index contributed by atoms with van der Waals surface area (Å²) in [6.45, 7) is 5.61. The van der Waals surface area contributed by atoms with Crippen LogP contribution in [0.4, 0.5) is 0 Å². The first-order valence-electron chi connectivity index (χ1n) is 5.29. The second-order valence-electron chi connectivity index (χ2n) is 3.89. The molecular weight excluding hydrogens is 170 g/mol. The number of likely N-dealkylation sites (tertiary alicyclic amines) is 1. The van der Waals surface area contributed by atoms with E-state index < -0.39 is 0 Å². The second-order valence-corrected chi connectivity index (χ2v) is 3.89. The van der Waals surface area contributed by atoms with E-state index >= 15 is 0 Å². The van der Waals surface area contributed by atoms with E-state index in [0.717, 1.165) is 13.1 Å². The predicted molar refractivity (Wildman–Crippen MR) is 60.1 cm³/mol. The van der Waals surface area contributed by atoms with Gasteiger partial charge in [-0.05, 0) is 18.9 Å². The van der Waals surface area contributed by atoms with Crippen LogP contribution in [-0.2, 0) is 6.54 Å².